The van der Waals surface area contributed by atoms with Gasteiger partial charge in [0.05, 0.1) is 0 Å². The van der Waals surface area contributed by atoms with Crippen molar-refractivity contribution in [1.29, 1.82) is 0 Å². The van der Waals surface area contributed by atoms with Crippen molar-refractivity contribution in [3.63, 3.8) is 0 Å². The Morgan fingerprint density at radius 2 is 2.11 bits per heavy atom. The first-order valence-electron chi connectivity index (χ1n) is 6.88. The molecular formula is C15H21ClFNO. The van der Waals surface area contributed by atoms with Crippen LogP contribution in [0.15, 0.2) is 18.2 Å². The molecule has 0 aliphatic carbocycles. The molecule has 1 heterocycles. The van der Waals surface area contributed by atoms with Crippen LogP contribution in [0.25, 0.3) is 0 Å². The molecule has 0 saturated carbocycles. The molecule has 0 amide bonds. The van der Waals surface area contributed by atoms with Gasteiger partial charge in [0.25, 0.3) is 0 Å². The Hall–Kier alpha value is -0.640. The van der Waals surface area contributed by atoms with Crippen LogP contribution >= 0.6 is 11.6 Å². The van der Waals surface area contributed by atoms with Gasteiger partial charge >= 0.3 is 0 Å². The summed E-state index contributed by atoms with van der Waals surface area (Å²) in [6.07, 6.45) is 2.65. The maximum Gasteiger partial charge on any atom is 0.126 e. The number of hydrogen-bond donors (Lipinski definition) is 1. The lowest BCUT2D eigenvalue weighted by atomic mass is 9.75. The van der Waals surface area contributed by atoms with E-state index in [9.17, 15) is 4.39 Å². The lowest BCUT2D eigenvalue weighted by molar-refractivity contribution is 0.0148. The summed E-state index contributed by atoms with van der Waals surface area (Å²) in [6, 6.07) is 4.80. The maximum atomic E-state index is 13.9. The zero-order valence-corrected chi connectivity index (χ0v) is 12.1. The van der Waals surface area contributed by atoms with Crippen LogP contribution in [-0.4, -0.2) is 26.3 Å². The lowest BCUT2D eigenvalue weighted by Crippen LogP contribution is -2.41. The van der Waals surface area contributed by atoms with Crippen LogP contribution in [0.1, 0.15) is 25.3 Å². The van der Waals surface area contributed by atoms with Crippen LogP contribution in [0, 0.1) is 11.2 Å². The molecule has 0 aromatic heterocycles. The topological polar surface area (TPSA) is 21.3 Å². The second-order valence-corrected chi connectivity index (χ2v) is 5.74. The number of hydrogen-bond acceptors (Lipinski definition) is 2. The molecule has 4 heteroatoms. The van der Waals surface area contributed by atoms with Gasteiger partial charge in [0, 0.05) is 24.8 Å². The average molecular weight is 286 g/mol. The largest absolute Gasteiger partial charge is 0.381 e. The van der Waals surface area contributed by atoms with Crippen LogP contribution in [0.5, 0.6) is 0 Å². The van der Waals surface area contributed by atoms with Gasteiger partial charge in [-0.3, -0.25) is 0 Å². The van der Waals surface area contributed by atoms with Crippen molar-refractivity contribution in [2.24, 2.45) is 5.41 Å². The van der Waals surface area contributed by atoms with Gasteiger partial charge < -0.3 is 10.1 Å². The highest BCUT2D eigenvalue weighted by molar-refractivity contribution is 6.30. The predicted octanol–water partition coefficient (Wildman–Crippen LogP) is 3.43. The second-order valence-electron chi connectivity index (χ2n) is 5.31. The molecular weight excluding hydrogens is 265 g/mol. The quantitative estimate of drug-likeness (QED) is 0.895. The molecule has 1 fully saturated rings. The standard InChI is InChI=1S/C15H21ClFNO/c1-2-18-11-15(5-7-19-8-6-15)10-12-9-13(16)3-4-14(12)17/h3-4,9,18H,2,5-8,10-11H2,1H3. The van der Waals surface area contributed by atoms with Crippen LogP contribution in [0.2, 0.25) is 5.02 Å². The van der Waals surface area contributed by atoms with Gasteiger partial charge in [-0.1, -0.05) is 18.5 Å². The minimum Gasteiger partial charge on any atom is -0.381 e. The zero-order chi connectivity index (χ0) is 13.7. The van der Waals surface area contributed by atoms with Gasteiger partial charge in [-0.25, -0.2) is 4.39 Å². The number of benzene rings is 1. The number of ether oxygens (including phenoxy) is 1. The first kappa shape index (κ1) is 14.8. The number of halogens is 2. The molecule has 2 rings (SSSR count). The third-order valence-electron chi connectivity index (χ3n) is 3.88. The first-order chi connectivity index (χ1) is 9.15. The molecule has 0 spiro atoms. The molecule has 0 radical (unpaired) electrons. The minimum absolute atomic E-state index is 0.0831. The summed E-state index contributed by atoms with van der Waals surface area (Å²) < 4.78 is 19.4. The van der Waals surface area contributed by atoms with E-state index in [0.717, 1.165) is 45.6 Å². The van der Waals surface area contributed by atoms with Gasteiger partial charge in [-0.15, -0.1) is 0 Å². The highest BCUT2D eigenvalue weighted by Crippen LogP contribution is 2.35. The fourth-order valence-electron chi connectivity index (χ4n) is 2.69. The molecule has 1 aliphatic rings. The summed E-state index contributed by atoms with van der Waals surface area (Å²) in [5, 5.41) is 4.00. The van der Waals surface area contributed by atoms with Crippen LogP contribution in [0.4, 0.5) is 4.39 Å². The fourth-order valence-corrected chi connectivity index (χ4v) is 2.89. The van der Waals surface area contributed by atoms with Gasteiger partial charge in [0.15, 0.2) is 0 Å². The van der Waals surface area contributed by atoms with Crippen LogP contribution in [0.3, 0.4) is 0 Å². The van der Waals surface area contributed by atoms with E-state index < -0.39 is 0 Å². The van der Waals surface area contributed by atoms with Crippen LogP contribution in [-0.2, 0) is 11.2 Å². The van der Waals surface area contributed by atoms with E-state index in [1.54, 1.807) is 12.1 Å². The van der Waals surface area contributed by atoms with E-state index in [4.69, 9.17) is 16.3 Å². The molecule has 106 valence electrons. The summed E-state index contributed by atoms with van der Waals surface area (Å²) in [5.41, 5.74) is 0.798. The van der Waals surface area contributed by atoms with Gasteiger partial charge in [-0.05, 0) is 55.0 Å². The summed E-state index contributed by atoms with van der Waals surface area (Å²) in [4.78, 5) is 0. The third-order valence-corrected chi connectivity index (χ3v) is 4.11. The van der Waals surface area contributed by atoms with Crippen molar-refractivity contribution >= 4 is 11.6 Å². The Labute approximate surface area is 119 Å². The minimum atomic E-state index is -0.160. The second kappa shape index (κ2) is 6.69. The normalized spacial score (nSPS) is 18.5. The van der Waals surface area contributed by atoms with E-state index >= 15 is 0 Å². The first-order valence-corrected chi connectivity index (χ1v) is 7.25. The Morgan fingerprint density at radius 3 is 2.79 bits per heavy atom. The molecule has 2 nitrogen and oxygen atoms in total. The Balaban J connectivity index is 2.16. The van der Waals surface area contributed by atoms with E-state index in [1.807, 2.05) is 0 Å². The molecule has 19 heavy (non-hydrogen) atoms. The summed E-state index contributed by atoms with van der Waals surface area (Å²) in [7, 11) is 0. The number of rotatable bonds is 5. The van der Waals surface area contributed by atoms with Crippen LogP contribution < -0.4 is 5.32 Å². The van der Waals surface area contributed by atoms with Gasteiger partial charge in [0.2, 0.25) is 0 Å². The highest BCUT2D eigenvalue weighted by Gasteiger charge is 2.33. The Kier molecular flexibility index (Phi) is 5.20. The molecule has 0 atom stereocenters. The van der Waals surface area contributed by atoms with Crippen molar-refractivity contribution in [2.45, 2.75) is 26.2 Å². The van der Waals surface area contributed by atoms with Crippen molar-refractivity contribution in [1.82, 2.24) is 5.32 Å². The molecule has 1 aromatic rings. The predicted molar refractivity (Wildman–Crippen MR) is 76.1 cm³/mol. The fraction of sp³-hybridized carbons (Fsp3) is 0.600. The molecule has 1 aromatic carbocycles. The zero-order valence-electron chi connectivity index (χ0n) is 11.3. The third kappa shape index (κ3) is 3.91. The Bertz CT molecular complexity index is 419. The summed E-state index contributed by atoms with van der Waals surface area (Å²) in [6.45, 7) is 5.44. The molecule has 0 bridgehead atoms. The van der Waals surface area contributed by atoms with Gasteiger partial charge in [-0.2, -0.15) is 0 Å². The number of nitrogens with one attached hydrogen (secondary N) is 1. The molecule has 1 saturated heterocycles. The van der Waals surface area contributed by atoms with Crippen molar-refractivity contribution < 1.29 is 9.13 Å². The van der Waals surface area contributed by atoms with E-state index in [0.29, 0.717) is 10.6 Å². The van der Waals surface area contributed by atoms with E-state index in [1.165, 1.54) is 6.07 Å². The molecule has 1 N–H and O–H groups in total. The lowest BCUT2D eigenvalue weighted by Gasteiger charge is -2.37. The average Bonchev–Trinajstić information content (AvgIpc) is 2.42. The van der Waals surface area contributed by atoms with Crippen molar-refractivity contribution in [3.05, 3.63) is 34.6 Å². The van der Waals surface area contributed by atoms with E-state index in [-0.39, 0.29) is 11.2 Å². The SMILES string of the molecule is CCNCC1(Cc2cc(Cl)ccc2F)CCOCC1. The maximum absolute atomic E-state index is 13.9. The van der Waals surface area contributed by atoms with Crippen molar-refractivity contribution in [2.75, 3.05) is 26.3 Å². The summed E-state index contributed by atoms with van der Waals surface area (Å²) >= 11 is 5.98. The Morgan fingerprint density at radius 1 is 1.37 bits per heavy atom. The highest BCUT2D eigenvalue weighted by atomic mass is 35.5. The summed E-state index contributed by atoms with van der Waals surface area (Å²) in [5.74, 6) is -0.160. The molecule has 0 unspecified atom stereocenters. The van der Waals surface area contributed by atoms with Gasteiger partial charge in [0.1, 0.15) is 5.82 Å². The molecule has 1 aliphatic heterocycles. The van der Waals surface area contributed by atoms with E-state index in [2.05, 4.69) is 12.2 Å². The smallest absolute Gasteiger partial charge is 0.126 e. The monoisotopic (exact) mass is 285 g/mol. The van der Waals surface area contributed by atoms with Crippen molar-refractivity contribution in [3.8, 4) is 0 Å².